The highest BCUT2D eigenvalue weighted by Crippen LogP contribution is 2.32. The van der Waals surface area contributed by atoms with E-state index in [9.17, 15) is 21.6 Å². The molecule has 1 aliphatic heterocycles. The van der Waals surface area contributed by atoms with Crippen molar-refractivity contribution in [3.63, 3.8) is 0 Å². The number of halogens is 1. The van der Waals surface area contributed by atoms with Crippen LogP contribution in [0, 0.1) is 0 Å². The Morgan fingerprint density at radius 1 is 0.886 bits per heavy atom. The van der Waals surface area contributed by atoms with Gasteiger partial charge < -0.3 is 4.90 Å². The van der Waals surface area contributed by atoms with Gasteiger partial charge in [-0.1, -0.05) is 29.8 Å². The average molecular weight is 534 g/mol. The summed E-state index contributed by atoms with van der Waals surface area (Å²) < 4.78 is 54.1. The van der Waals surface area contributed by atoms with E-state index < -0.39 is 32.5 Å². The van der Waals surface area contributed by atoms with Crippen LogP contribution in [0.1, 0.15) is 5.56 Å². The smallest absolute Gasteiger partial charge is 0.264 e. The zero-order chi connectivity index (χ0) is 25.4. The molecule has 0 fully saturated rings. The topological polar surface area (TPSA) is 95.1 Å². The summed E-state index contributed by atoms with van der Waals surface area (Å²) in [5, 5.41) is 0.439. The van der Waals surface area contributed by atoms with Gasteiger partial charge in [-0.3, -0.25) is 9.10 Å². The molecule has 1 heterocycles. The fourth-order valence-electron chi connectivity index (χ4n) is 3.86. The summed E-state index contributed by atoms with van der Waals surface area (Å²) >= 11 is 5.99. The third-order valence-electron chi connectivity index (χ3n) is 5.75. The normalized spacial score (nSPS) is 13.7. The lowest BCUT2D eigenvalue weighted by atomic mass is 10.2. The van der Waals surface area contributed by atoms with Crippen LogP contribution in [0.15, 0.2) is 82.6 Å². The summed E-state index contributed by atoms with van der Waals surface area (Å²) in [5.74, 6) is -0.429. The van der Waals surface area contributed by atoms with Gasteiger partial charge in [0, 0.05) is 31.4 Å². The zero-order valence-electron chi connectivity index (χ0n) is 19.1. The molecule has 0 spiro atoms. The van der Waals surface area contributed by atoms with Crippen LogP contribution in [-0.2, 0) is 31.3 Å². The van der Waals surface area contributed by atoms with E-state index >= 15 is 0 Å². The Morgan fingerprint density at radius 3 is 2.17 bits per heavy atom. The highest BCUT2D eigenvalue weighted by atomic mass is 35.5. The van der Waals surface area contributed by atoms with Gasteiger partial charge in [-0.2, -0.15) is 0 Å². The number of sulfonamides is 2. The molecule has 0 radical (unpaired) electrons. The van der Waals surface area contributed by atoms with Crippen molar-refractivity contribution in [2.45, 2.75) is 16.2 Å². The maximum atomic E-state index is 13.5. The molecule has 0 saturated carbocycles. The van der Waals surface area contributed by atoms with Crippen LogP contribution >= 0.6 is 11.6 Å². The standard InChI is InChI=1S/C24H24ClN3O5S2/c1-26(2)34(30,31)22-12-13-23-18(16-22)14-15-27(23)24(29)17-28(20-10-8-19(25)9-11-20)35(32,33)21-6-4-3-5-7-21/h3-13,16H,14-15,17H2,1-2H3. The Morgan fingerprint density at radius 2 is 1.54 bits per heavy atom. The lowest BCUT2D eigenvalue weighted by molar-refractivity contribution is -0.117. The first kappa shape index (κ1) is 25.2. The average Bonchev–Trinajstić information content (AvgIpc) is 3.27. The molecule has 11 heteroatoms. The van der Waals surface area contributed by atoms with Crippen LogP contribution in [0.3, 0.4) is 0 Å². The van der Waals surface area contributed by atoms with Crippen molar-refractivity contribution < 1.29 is 21.6 Å². The van der Waals surface area contributed by atoms with Crippen LogP contribution in [0.4, 0.5) is 11.4 Å². The maximum absolute atomic E-state index is 13.5. The lowest BCUT2D eigenvalue weighted by Crippen LogP contribution is -2.42. The monoisotopic (exact) mass is 533 g/mol. The van der Waals surface area contributed by atoms with Crippen LogP contribution in [0.5, 0.6) is 0 Å². The summed E-state index contributed by atoms with van der Waals surface area (Å²) in [6.45, 7) is -0.116. The largest absolute Gasteiger partial charge is 0.310 e. The quantitative estimate of drug-likeness (QED) is 0.464. The van der Waals surface area contributed by atoms with Crippen LogP contribution in [-0.4, -0.2) is 54.2 Å². The van der Waals surface area contributed by atoms with E-state index in [-0.39, 0.29) is 9.79 Å². The molecule has 1 aliphatic rings. The number of carbonyl (C=O) groups excluding carboxylic acids is 1. The Bertz CT molecular complexity index is 1460. The molecule has 3 aromatic rings. The Balaban J connectivity index is 1.67. The van der Waals surface area contributed by atoms with Crippen molar-refractivity contribution in [3.05, 3.63) is 83.4 Å². The third-order valence-corrected chi connectivity index (χ3v) is 9.60. The second kappa shape index (κ2) is 9.62. The number of benzene rings is 3. The van der Waals surface area contributed by atoms with Crippen molar-refractivity contribution in [1.82, 2.24) is 4.31 Å². The van der Waals surface area contributed by atoms with Gasteiger partial charge in [-0.15, -0.1) is 0 Å². The number of hydrogen-bond donors (Lipinski definition) is 0. The number of nitrogens with zero attached hydrogens (tertiary/aromatic N) is 3. The molecular weight excluding hydrogens is 510 g/mol. The van der Waals surface area contributed by atoms with Gasteiger partial charge in [0.25, 0.3) is 10.0 Å². The molecule has 0 unspecified atom stereocenters. The number of carbonyl (C=O) groups is 1. The van der Waals surface area contributed by atoms with E-state index in [0.29, 0.717) is 34.9 Å². The Hall–Kier alpha value is -2.92. The van der Waals surface area contributed by atoms with E-state index in [4.69, 9.17) is 11.6 Å². The molecule has 0 saturated heterocycles. The van der Waals surface area contributed by atoms with E-state index in [1.807, 2.05) is 0 Å². The summed E-state index contributed by atoms with van der Waals surface area (Å²) in [6, 6.07) is 18.7. The molecule has 0 atom stereocenters. The second-order valence-electron chi connectivity index (χ2n) is 8.17. The van der Waals surface area contributed by atoms with Crippen molar-refractivity contribution in [2.75, 3.05) is 36.4 Å². The summed E-state index contributed by atoms with van der Waals surface area (Å²) in [7, 11) is -4.75. The molecule has 0 bridgehead atoms. The van der Waals surface area contributed by atoms with Gasteiger partial charge in [-0.05, 0) is 66.6 Å². The van der Waals surface area contributed by atoms with Gasteiger partial charge in [0.1, 0.15) is 6.54 Å². The van der Waals surface area contributed by atoms with E-state index in [2.05, 4.69) is 0 Å². The Labute approximate surface area is 210 Å². The molecule has 0 aliphatic carbocycles. The summed E-state index contributed by atoms with van der Waals surface area (Å²) in [6.07, 6.45) is 0.463. The van der Waals surface area contributed by atoms with Gasteiger partial charge in [0.15, 0.2) is 0 Å². The van der Waals surface area contributed by atoms with Crippen LogP contribution < -0.4 is 9.21 Å². The van der Waals surface area contributed by atoms with E-state index in [1.165, 1.54) is 37.2 Å². The first-order valence-electron chi connectivity index (χ1n) is 10.7. The number of anilines is 2. The highest BCUT2D eigenvalue weighted by molar-refractivity contribution is 7.92. The fraction of sp³-hybridized carbons (Fsp3) is 0.208. The molecule has 184 valence electrons. The predicted octanol–water partition coefficient (Wildman–Crippen LogP) is 3.37. The van der Waals surface area contributed by atoms with Crippen LogP contribution in [0.25, 0.3) is 0 Å². The number of hydrogen-bond acceptors (Lipinski definition) is 5. The van der Waals surface area contributed by atoms with Gasteiger partial charge in [0.05, 0.1) is 15.5 Å². The first-order chi connectivity index (χ1) is 16.5. The lowest BCUT2D eigenvalue weighted by Gasteiger charge is -2.27. The van der Waals surface area contributed by atoms with Gasteiger partial charge in [-0.25, -0.2) is 21.1 Å². The van der Waals surface area contributed by atoms with Crippen molar-refractivity contribution >= 4 is 48.9 Å². The molecule has 35 heavy (non-hydrogen) atoms. The maximum Gasteiger partial charge on any atom is 0.264 e. The molecule has 1 amide bonds. The minimum Gasteiger partial charge on any atom is -0.310 e. The molecule has 3 aromatic carbocycles. The van der Waals surface area contributed by atoms with Crippen LogP contribution in [0.2, 0.25) is 5.02 Å². The molecular formula is C24H24ClN3O5S2. The minimum absolute atomic E-state index is 0.0584. The highest BCUT2D eigenvalue weighted by Gasteiger charge is 2.32. The second-order valence-corrected chi connectivity index (χ2v) is 12.6. The van der Waals surface area contributed by atoms with Crippen molar-refractivity contribution in [1.29, 1.82) is 0 Å². The van der Waals surface area contributed by atoms with Gasteiger partial charge >= 0.3 is 0 Å². The third kappa shape index (κ3) is 4.92. The summed E-state index contributed by atoms with van der Waals surface area (Å²) in [4.78, 5) is 15.1. The number of amides is 1. The molecule has 4 rings (SSSR count). The predicted molar refractivity (Wildman–Crippen MR) is 136 cm³/mol. The van der Waals surface area contributed by atoms with Crippen molar-refractivity contribution in [3.8, 4) is 0 Å². The first-order valence-corrected chi connectivity index (χ1v) is 14.0. The van der Waals surface area contributed by atoms with E-state index in [1.54, 1.807) is 54.6 Å². The summed E-state index contributed by atoms with van der Waals surface area (Å²) in [5.41, 5.74) is 1.59. The number of fused-ring (bicyclic) bond motifs is 1. The fourth-order valence-corrected chi connectivity index (χ4v) is 6.37. The molecule has 0 N–H and O–H groups in total. The number of rotatable bonds is 7. The van der Waals surface area contributed by atoms with E-state index in [0.717, 1.165) is 8.61 Å². The molecule has 8 nitrogen and oxygen atoms in total. The zero-order valence-corrected chi connectivity index (χ0v) is 21.5. The SMILES string of the molecule is CN(C)S(=O)(=O)c1ccc2c(c1)CCN2C(=O)CN(c1ccc(Cl)cc1)S(=O)(=O)c1ccccc1. The minimum atomic E-state index is -4.05. The Kier molecular flexibility index (Phi) is 6.92. The van der Waals surface area contributed by atoms with Crippen molar-refractivity contribution in [2.24, 2.45) is 0 Å². The van der Waals surface area contributed by atoms with Gasteiger partial charge in [0.2, 0.25) is 15.9 Å². The molecule has 0 aromatic heterocycles.